The summed E-state index contributed by atoms with van der Waals surface area (Å²) in [6.45, 7) is 0. The van der Waals surface area contributed by atoms with Crippen molar-refractivity contribution in [3.05, 3.63) is 17.2 Å². The van der Waals surface area contributed by atoms with Gasteiger partial charge in [0, 0.05) is 32.0 Å². The number of nitrogens with two attached hydrogens (primary N) is 1. The molecule has 1 aromatic carbocycles. The number of phenolic OH excluding ortho intramolecular Hbond substituents is 1. The molecule has 3 aliphatic rings. The molecule has 194 valence electrons. The molecule has 36 heavy (non-hydrogen) atoms. The number of Topliss-reactive ketones (excluding diaryl/α,β-unsaturated/α-hetero) is 4. The first-order valence-electron chi connectivity index (χ1n) is 11.4. The number of phenols is 1. The zero-order valence-corrected chi connectivity index (χ0v) is 21.4. The van der Waals surface area contributed by atoms with Crippen molar-refractivity contribution in [3.63, 3.8) is 0 Å². The number of nitrogens with zero attached hydrogens (tertiary/aromatic N) is 2. The van der Waals surface area contributed by atoms with Crippen LogP contribution in [0.2, 0.25) is 0 Å². The Morgan fingerprint density at radius 1 is 1.14 bits per heavy atom. The molecule has 0 aliphatic heterocycles. The van der Waals surface area contributed by atoms with Gasteiger partial charge in [0.05, 0.1) is 33.2 Å². The first-order valence-corrected chi connectivity index (χ1v) is 13.0. The van der Waals surface area contributed by atoms with E-state index in [-0.39, 0.29) is 23.3 Å². The topological polar surface area (TPSA) is 175 Å². The van der Waals surface area contributed by atoms with Crippen molar-refractivity contribution in [2.75, 3.05) is 39.3 Å². The van der Waals surface area contributed by atoms with Crippen molar-refractivity contribution >= 4 is 45.5 Å². The summed E-state index contributed by atoms with van der Waals surface area (Å²) in [7, 11) is 4.85. The van der Waals surface area contributed by atoms with Crippen LogP contribution in [0.5, 0.6) is 5.75 Å². The third kappa shape index (κ3) is 3.38. The summed E-state index contributed by atoms with van der Waals surface area (Å²) in [5.41, 5.74) is 3.37. The van der Waals surface area contributed by atoms with Gasteiger partial charge in [0.2, 0.25) is 5.91 Å². The Morgan fingerprint density at radius 3 is 2.25 bits per heavy atom. The summed E-state index contributed by atoms with van der Waals surface area (Å²) < 4.78 is 12.3. The van der Waals surface area contributed by atoms with Crippen molar-refractivity contribution < 1.29 is 38.4 Å². The van der Waals surface area contributed by atoms with Crippen LogP contribution in [0, 0.1) is 23.7 Å². The van der Waals surface area contributed by atoms with E-state index in [1.165, 1.54) is 31.3 Å². The molecule has 0 radical (unpaired) electrons. The van der Waals surface area contributed by atoms with E-state index in [1.54, 1.807) is 19.0 Å². The molecule has 2 fully saturated rings. The Morgan fingerprint density at radius 2 is 1.75 bits per heavy atom. The first kappa shape index (κ1) is 26.1. The normalized spacial score (nSPS) is 32.6. The number of ketones is 4. The van der Waals surface area contributed by atoms with E-state index in [9.17, 15) is 38.4 Å². The van der Waals surface area contributed by atoms with Crippen molar-refractivity contribution in [3.8, 4) is 5.75 Å². The molecule has 11 nitrogen and oxygen atoms in total. The average Bonchev–Trinajstić information content (AvgIpc) is 2.75. The molecule has 4 rings (SSSR count). The van der Waals surface area contributed by atoms with Crippen molar-refractivity contribution in [2.24, 2.45) is 29.4 Å². The minimum Gasteiger partial charge on any atom is -0.506 e. The molecule has 7 unspecified atom stereocenters. The molecule has 0 aromatic heterocycles. The maximum atomic E-state index is 13.8. The second-order valence-corrected chi connectivity index (χ2v) is 11.6. The summed E-state index contributed by atoms with van der Waals surface area (Å²) in [6.07, 6.45) is 1.46. The molecule has 0 saturated heterocycles. The standard InChI is InChI=1S/C24H29N3O8S/c1-26(2)12-8-13(36(5)35)18(28)15-10(12)6-9-7-11-17(27(3)4)20(30)16(23(25)33)22(32)24(11,34)21(31)14(9)19(15)29/h8-9,11,14,16-17,28,34H,6-7H2,1-5H3,(H2,25,33). The van der Waals surface area contributed by atoms with E-state index >= 15 is 0 Å². The van der Waals surface area contributed by atoms with Crippen LogP contribution in [0.25, 0.3) is 0 Å². The highest BCUT2D eigenvalue weighted by Crippen LogP contribution is 2.52. The van der Waals surface area contributed by atoms with E-state index in [0.29, 0.717) is 11.3 Å². The highest BCUT2D eigenvalue weighted by atomic mass is 32.2. The minimum absolute atomic E-state index is 0.0184. The average molecular weight is 520 g/mol. The molecule has 0 heterocycles. The fourth-order valence-electron chi connectivity index (χ4n) is 6.25. The minimum atomic E-state index is -2.78. The van der Waals surface area contributed by atoms with Gasteiger partial charge in [0.25, 0.3) is 0 Å². The van der Waals surface area contributed by atoms with Gasteiger partial charge in [-0.1, -0.05) is 0 Å². The zero-order valence-electron chi connectivity index (χ0n) is 20.6. The number of anilines is 1. The van der Waals surface area contributed by atoms with Crippen LogP contribution < -0.4 is 10.6 Å². The highest BCUT2D eigenvalue weighted by Gasteiger charge is 2.69. The van der Waals surface area contributed by atoms with Crippen LogP contribution >= 0.6 is 0 Å². The number of aromatic hydroxyl groups is 1. The number of carbonyl (C=O) groups excluding carboxylic acids is 5. The number of carbonyl (C=O) groups is 5. The second-order valence-electron chi connectivity index (χ2n) is 10.2. The van der Waals surface area contributed by atoms with Gasteiger partial charge in [-0.25, -0.2) is 0 Å². The van der Waals surface area contributed by atoms with Crippen LogP contribution in [-0.4, -0.2) is 94.5 Å². The van der Waals surface area contributed by atoms with E-state index in [4.69, 9.17) is 5.73 Å². The smallest absolute Gasteiger partial charge is 0.235 e. The van der Waals surface area contributed by atoms with Gasteiger partial charge in [0.1, 0.15) is 5.75 Å². The van der Waals surface area contributed by atoms with Crippen LogP contribution in [0.1, 0.15) is 22.3 Å². The van der Waals surface area contributed by atoms with Crippen LogP contribution in [-0.2, 0) is 36.4 Å². The van der Waals surface area contributed by atoms with Crippen LogP contribution in [0.4, 0.5) is 5.69 Å². The number of hydrogen-bond donors (Lipinski definition) is 3. The van der Waals surface area contributed by atoms with Crippen LogP contribution in [0.15, 0.2) is 11.0 Å². The fraction of sp³-hybridized carbons (Fsp3) is 0.542. The van der Waals surface area contributed by atoms with Gasteiger partial charge in [-0.2, -0.15) is 0 Å². The molecule has 0 bridgehead atoms. The lowest BCUT2D eigenvalue weighted by Crippen LogP contribution is -2.74. The van der Waals surface area contributed by atoms with Gasteiger partial charge >= 0.3 is 0 Å². The van der Waals surface area contributed by atoms with E-state index in [1.807, 2.05) is 0 Å². The number of aliphatic hydroxyl groups is 1. The lowest BCUT2D eigenvalue weighted by molar-refractivity contribution is -0.181. The van der Waals surface area contributed by atoms with Crippen molar-refractivity contribution in [1.29, 1.82) is 0 Å². The van der Waals surface area contributed by atoms with Crippen molar-refractivity contribution in [2.45, 2.75) is 29.4 Å². The van der Waals surface area contributed by atoms with E-state index < -0.39 is 80.9 Å². The van der Waals surface area contributed by atoms with Gasteiger partial charge in [0.15, 0.2) is 34.7 Å². The second kappa shape index (κ2) is 8.56. The van der Waals surface area contributed by atoms with Crippen LogP contribution in [0.3, 0.4) is 0 Å². The Kier molecular flexibility index (Phi) is 6.21. The molecule has 3 aliphatic carbocycles. The van der Waals surface area contributed by atoms with Gasteiger partial charge in [-0.3, -0.25) is 33.1 Å². The largest absolute Gasteiger partial charge is 0.506 e. The lowest BCUT2D eigenvalue weighted by Gasteiger charge is -2.52. The van der Waals surface area contributed by atoms with Gasteiger partial charge in [-0.15, -0.1) is 0 Å². The number of benzene rings is 1. The number of hydrogen-bond acceptors (Lipinski definition) is 10. The number of amides is 1. The zero-order chi connectivity index (χ0) is 27.0. The predicted octanol–water partition coefficient (Wildman–Crippen LogP) is -1.33. The monoisotopic (exact) mass is 519 g/mol. The molecule has 1 amide bonds. The molecule has 4 N–H and O–H groups in total. The maximum Gasteiger partial charge on any atom is 0.235 e. The van der Waals surface area contributed by atoms with E-state index in [2.05, 4.69) is 0 Å². The Labute approximate surface area is 210 Å². The number of rotatable bonds is 4. The number of likely N-dealkylation sites (N-methyl/N-ethyl adjacent to an activating group) is 1. The lowest BCUT2D eigenvalue weighted by atomic mass is 9.52. The number of primary amides is 1. The number of fused-ring (bicyclic) bond motifs is 3. The Bertz CT molecular complexity index is 1260. The molecule has 7 atom stereocenters. The molecule has 12 heteroatoms. The predicted molar refractivity (Wildman–Crippen MR) is 128 cm³/mol. The summed E-state index contributed by atoms with van der Waals surface area (Å²) >= 11 is 0. The Hall–Kier alpha value is -2.96. The Balaban J connectivity index is 1.93. The summed E-state index contributed by atoms with van der Waals surface area (Å²) in [5, 5.41) is 22.5. The third-order valence-electron chi connectivity index (χ3n) is 7.79. The quantitative estimate of drug-likeness (QED) is 0.404. The van der Waals surface area contributed by atoms with Crippen molar-refractivity contribution in [1.82, 2.24) is 4.90 Å². The molecule has 2 saturated carbocycles. The summed E-state index contributed by atoms with van der Waals surface area (Å²) in [4.78, 5) is 69.2. The SMILES string of the molecule is CN(C)c1cc(S(C)=O)c(O)c2c1CC1CC3C(N(C)C)C(=O)C(C(N)=O)C(=O)C3(O)C(=O)C1C2=O. The first-order chi connectivity index (χ1) is 16.7. The summed E-state index contributed by atoms with van der Waals surface area (Å²) in [5.74, 6) is -11.2. The highest BCUT2D eigenvalue weighted by molar-refractivity contribution is 7.84. The molecular weight excluding hydrogens is 490 g/mol. The molecule has 1 aromatic rings. The van der Waals surface area contributed by atoms with Gasteiger partial charge in [-0.05, 0) is 44.5 Å². The van der Waals surface area contributed by atoms with Gasteiger partial charge < -0.3 is 20.8 Å². The maximum absolute atomic E-state index is 13.8. The summed E-state index contributed by atoms with van der Waals surface area (Å²) in [6, 6.07) is 0.380. The third-order valence-corrected chi connectivity index (χ3v) is 8.72. The molecular formula is C24H29N3O8S. The van der Waals surface area contributed by atoms with E-state index in [0.717, 1.165) is 0 Å². The molecule has 0 spiro atoms. The fourth-order valence-corrected chi connectivity index (χ4v) is 6.90.